The Kier molecular flexibility index (Phi) is 5.59. The number of aryl methyl sites for hydroxylation is 1. The number of piperidine rings is 1. The van der Waals surface area contributed by atoms with E-state index in [1.165, 1.54) is 6.20 Å². The molecule has 0 bridgehead atoms. The first-order valence-corrected chi connectivity index (χ1v) is 7.88. The molecule has 1 aliphatic heterocycles. The van der Waals surface area contributed by atoms with E-state index < -0.39 is 11.9 Å². The fourth-order valence-electron chi connectivity index (χ4n) is 2.67. The summed E-state index contributed by atoms with van der Waals surface area (Å²) in [4.78, 5) is 25.1. The highest BCUT2D eigenvalue weighted by Gasteiger charge is 2.24. The number of carboxylic acid groups (broad SMARTS) is 1. The third kappa shape index (κ3) is 4.13. The van der Waals surface area contributed by atoms with Crippen LogP contribution in [0.2, 0.25) is 0 Å². The largest absolute Gasteiger partial charge is 0.481 e. The lowest BCUT2D eigenvalue weighted by Crippen LogP contribution is -2.33. The van der Waals surface area contributed by atoms with Crippen molar-refractivity contribution in [3.63, 3.8) is 0 Å². The minimum atomic E-state index is -0.785. The molecular formula is C18H21N3O3. The molecule has 2 rings (SSSR count). The van der Waals surface area contributed by atoms with Gasteiger partial charge in [0.2, 0.25) is 0 Å². The molecule has 0 radical (unpaired) electrons. The number of amides is 1. The molecule has 0 aromatic heterocycles. The number of aliphatic carboxylic acids is 1. The highest BCUT2D eigenvalue weighted by atomic mass is 16.4. The fraction of sp³-hybridized carbons (Fsp3) is 0.389. The van der Waals surface area contributed by atoms with Gasteiger partial charge in [-0.2, -0.15) is 5.26 Å². The van der Waals surface area contributed by atoms with E-state index in [2.05, 4.69) is 5.32 Å². The van der Waals surface area contributed by atoms with E-state index in [4.69, 9.17) is 5.11 Å². The van der Waals surface area contributed by atoms with Gasteiger partial charge in [-0.05, 0) is 43.9 Å². The standard InChI is InChI=1S/C18H21N3O3/c1-12-4-3-5-16(13(12)2)20-17(22)15(10-19)11-21-8-6-14(7-9-21)18(23)24/h3-5,11,14H,6-9H2,1-2H3,(H,20,22)(H,23,24)/b15-11-. The van der Waals surface area contributed by atoms with Crippen molar-refractivity contribution in [2.75, 3.05) is 18.4 Å². The summed E-state index contributed by atoms with van der Waals surface area (Å²) in [6.07, 6.45) is 2.56. The SMILES string of the molecule is Cc1cccc(NC(=O)/C(C#N)=C\N2CCC(C(=O)O)CC2)c1C. The van der Waals surface area contributed by atoms with Gasteiger partial charge in [-0.3, -0.25) is 9.59 Å². The second-order valence-electron chi connectivity index (χ2n) is 6.00. The lowest BCUT2D eigenvalue weighted by molar-refractivity contribution is -0.143. The third-order valence-corrected chi connectivity index (χ3v) is 4.41. The van der Waals surface area contributed by atoms with Crippen LogP contribution in [0.1, 0.15) is 24.0 Å². The number of rotatable bonds is 4. The molecule has 24 heavy (non-hydrogen) atoms. The van der Waals surface area contributed by atoms with Crippen molar-refractivity contribution in [1.29, 1.82) is 5.26 Å². The minimum absolute atomic E-state index is 0.0182. The molecule has 1 aromatic carbocycles. The molecule has 1 saturated heterocycles. The normalized spacial score (nSPS) is 15.7. The molecule has 0 aliphatic carbocycles. The Labute approximate surface area is 141 Å². The summed E-state index contributed by atoms with van der Waals surface area (Å²) in [5.41, 5.74) is 2.73. The summed E-state index contributed by atoms with van der Waals surface area (Å²) in [6.45, 7) is 4.92. The van der Waals surface area contributed by atoms with Crippen molar-refractivity contribution >= 4 is 17.6 Å². The number of hydrogen-bond donors (Lipinski definition) is 2. The first kappa shape index (κ1) is 17.5. The number of nitriles is 1. The summed E-state index contributed by atoms with van der Waals surface area (Å²) < 4.78 is 0. The van der Waals surface area contributed by atoms with Crippen molar-refractivity contribution in [2.45, 2.75) is 26.7 Å². The highest BCUT2D eigenvalue weighted by molar-refractivity contribution is 6.06. The van der Waals surface area contributed by atoms with Crippen LogP contribution in [0.25, 0.3) is 0 Å². The van der Waals surface area contributed by atoms with E-state index in [-0.39, 0.29) is 11.5 Å². The quantitative estimate of drug-likeness (QED) is 0.654. The van der Waals surface area contributed by atoms with E-state index in [0.717, 1.165) is 11.1 Å². The molecule has 0 saturated carbocycles. The maximum atomic E-state index is 12.3. The Morgan fingerprint density at radius 1 is 1.33 bits per heavy atom. The minimum Gasteiger partial charge on any atom is -0.481 e. The number of carbonyl (C=O) groups is 2. The van der Waals surface area contributed by atoms with Gasteiger partial charge in [-0.1, -0.05) is 12.1 Å². The van der Waals surface area contributed by atoms with Crippen molar-refractivity contribution in [3.05, 3.63) is 41.1 Å². The molecule has 1 aliphatic rings. The zero-order chi connectivity index (χ0) is 17.7. The van der Waals surface area contributed by atoms with Crippen LogP contribution in [0.5, 0.6) is 0 Å². The van der Waals surface area contributed by atoms with Crippen LogP contribution in [0, 0.1) is 31.1 Å². The van der Waals surface area contributed by atoms with Gasteiger partial charge in [0.25, 0.3) is 5.91 Å². The van der Waals surface area contributed by atoms with Crippen LogP contribution in [0.3, 0.4) is 0 Å². The van der Waals surface area contributed by atoms with Crippen LogP contribution >= 0.6 is 0 Å². The second kappa shape index (κ2) is 7.64. The number of benzene rings is 1. The number of carbonyl (C=O) groups excluding carboxylic acids is 1. The van der Waals surface area contributed by atoms with Gasteiger partial charge >= 0.3 is 5.97 Å². The van der Waals surface area contributed by atoms with E-state index in [9.17, 15) is 14.9 Å². The zero-order valence-corrected chi connectivity index (χ0v) is 13.9. The summed E-state index contributed by atoms with van der Waals surface area (Å²) in [5, 5.41) is 21.0. The Morgan fingerprint density at radius 3 is 2.58 bits per heavy atom. The Hall–Kier alpha value is -2.81. The third-order valence-electron chi connectivity index (χ3n) is 4.41. The molecule has 126 valence electrons. The molecule has 6 heteroatoms. The van der Waals surface area contributed by atoms with Crippen molar-refractivity contribution in [2.24, 2.45) is 5.92 Å². The van der Waals surface area contributed by atoms with Gasteiger partial charge in [0.1, 0.15) is 11.6 Å². The van der Waals surface area contributed by atoms with Crippen LogP contribution in [0.4, 0.5) is 5.69 Å². The maximum absolute atomic E-state index is 12.3. The smallest absolute Gasteiger partial charge is 0.306 e. The van der Waals surface area contributed by atoms with Gasteiger partial charge in [-0.15, -0.1) is 0 Å². The second-order valence-corrected chi connectivity index (χ2v) is 6.00. The van der Waals surface area contributed by atoms with E-state index >= 15 is 0 Å². The molecule has 1 aromatic rings. The van der Waals surface area contributed by atoms with Gasteiger partial charge in [0.05, 0.1) is 5.92 Å². The first-order chi connectivity index (χ1) is 11.4. The molecule has 0 spiro atoms. The summed E-state index contributed by atoms with van der Waals surface area (Å²) in [5.74, 6) is -1.58. The van der Waals surface area contributed by atoms with Gasteiger partial charge in [0.15, 0.2) is 0 Å². The average molecular weight is 327 g/mol. The molecule has 1 fully saturated rings. The van der Waals surface area contributed by atoms with Crippen LogP contribution in [0.15, 0.2) is 30.0 Å². The predicted molar refractivity (Wildman–Crippen MR) is 90.2 cm³/mol. The molecule has 6 nitrogen and oxygen atoms in total. The summed E-state index contributed by atoms with van der Waals surface area (Å²) in [6, 6.07) is 7.54. The van der Waals surface area contributed by atoms with Gasteiger partial charge in [-0.25, -0.2) is 0 Å². The number of carboxylic acids is 1. The monoisotopic (exact) mass is 327 g/mol. The zero-order valence-electron chi connectivity index (χ0n) is 13.9. The number of anilines is 1. The number of nitrogens with one attached hydrogen (secondary N) is 1. The summed E-state index contributed by atoms with van der Waals surface area (Å²) in [7, 11) is 0. The van der Waals surface area contributed by atoms with Crippen molar-refractivity contribution < 1.29 is 14.7 Å². The van der Waals surface area contributed by atoms with E-state index in [1.54, 1.807) is 6.07 Å². The topological polar surface area (TPSA) is 93.4 Å². The maximum Gasteiger partial charge on any atom is 0.306 e. The number of likely N-dealkylation sites (tertiary alicyclic amines) is 1. The average Bonchev–Trinajstić information content (AvgIpc) is 2.57. The molecule has 0 atom stereocenters. The molecular weight excluding hydrogens is 306 g/mol. The number of hydrogen-bond acceptors (Lipinski definition) is 4. The first-order valence-electron chi connectivity index (χ1n) is 7.88. The highest BCUT2D eigenvalue weighted by Crippen LogP contribution is 2.20. The molecule has 2 N–H and O–H groups in total. The van der Waals surface area contributed by atoms with Gasteiger partial charge < -0.3 is 15.3 Å². The predicted octanol–water partition coefficient (Wildman–Crippen LogP) is 2.45. The Balaban J connectivity index is 2.05. The lowest BCUT2D eigenvalue weighted by atomic mass is 9.97. The Bertz CT molecular complexity index is 711. The van der Waals surface area contributed by atoms with Crippen LogP contribution in [-0.4, -0.2) is 35.0 Å². The van der Waals surface area contributed by atoms with Crippen LogP contribution < -0.4 is 5.32 Å². The molecule has 0 unspecified atom stereocenters. The number of nitrogens with zero attached hydrogens (tertiary/aromatic N) is 2. The molecule has 1 amide bonds. The fourth-order valence-corrected chi connectivity index (χ4v) is 2.67. The van der Waals surface area contributed by atoms with E-state index in [1.807, 2.05) is 36.9 Å². The van der Waals surface area contributed by atoms with Crippen molar-refractivity contribution in [3.8, 4) is 6.07 Å². The molecule has 1 heterocycles. The Morgan fingerprint density at radius 2 is 2.00 bits per heavy atom. The van der Waals surface area contributed by atoms with Crippen molar-refractivity contribution in [1.82, 2.24) is 4.90 Å². The lowest BCUT2D eigenvalue weighted by Gasteiger charge is -2.29. The summed E-state index contributed by atoms with van der Waals surface area (Å²) >= 11 is 0. The van der Waals surface area contributed by atoms with E-state index in [0.29, 0.717) is 31.6 Å². The van der Waals surface area contributed by atoms with Gasteiger partial charge in [0, 0.05) is 25.0 Å². The van der Waals surface area contributed by atoms with Crippen LogP contribution in [-0.2, 0) is 9.59 Å².